The molecule has 6 nitrogen and oxygen atoms in total. The second-order valence-electron chi connectivity index (χ2n) is 11.1. The summed E-state index contributed by atoms with van der Waals surface area (Å²) in [6.07, 6.45) is 31.9. The number of carbonyl (C=O) groups excluding carboxylic acids is 3. The Morgan fingerprint density at radius 2 is 0.762 bits per heavy atom. The molecule has 0 atom stereocenters. The highest BCUT2D eigenvalue weighted by Crippen LogP contribution is 2.12. The zero-order valence-corrected chi connectivity index (χ0v) is 27.3. The van der Waals surface area contributed by atoms with E-state index < -0.39 is 6.10 Å². The van der Waals surface area contributed by atoms with Crippen LogP contribution < -0.4 is 0 Å². The average Bonchev–Trinajstić information content (AvgIpc) is 2.98. The Bertz CT molecular complexity index is 697. The normalized spacial score (nSPS) is 11.7. The van der Waals surface area contributed by atoms with Gasteiger partial charge in [-0.2, -0.15) is 0 Å². The predicted molar refractivity (Wildman–Crippen MR) is 173 cm³/mol. The summed E-state index contributed by atoms with van der Waals surface area (Å²) in [7, 11) is 0. The van der Waals surface area contributed by atoms with Gasteiger partial charge in [0.2, 0.25) is 0 Å². The van der Waals surface area contributed by atoms with Crippen LogP contribution in [0.5, 0.6) is 0 Å². The third kappa shape index (κ3) is 29.1. The molecule has 42 heavy (non-hydrogen) atoms. The van der Waals surface area contributed by atoms with Gasteiger partial charge in [0.1, 0.15) is 13.2 Å². The van der Waals surface area contributed by atoms with Crippen molar-refractivity contribution in [2.24, 2.45) is 0 Å². The molecule has 0 radical (unpaired) electrons. The van der Waals surface area contributed by atoms with Crippen LogP contribution in [0, 0.1) is 0 Å². The summed E-state index contributed by atoms with van der Waals surface area (Å²) in [6.45, 7) is 5.93. The fraction of sp³-hybridized carbons (Fsp3) is 0.750. The van der Waals surface area contributed by atoms with Gasteiger partial charge in [0.15, 0.2) is 6.10 Å². The monoisotopic (exact) mass is 590 g/mol. The van der Waals surface area contributed by atoms with Gasteiger partial charge in [0.05, 0.1) is 0 Å². The van der Waals surface area contributed by atoms with Gasteiger partial charge in [0.25, 0.3) is 0 Å². The van der Waals surface area contributed by atoms with Crippen molar-refractivity contribution < 1.29 is 28.6 Å². The molecule has 0 aromatic carbocycles. The number of rotatable bonds is 29. The molecular weight excluding hydrogens is 528 g/mol. The smallest absolute Gasteiger partial charge is 0.306 e. The van der Waals surface area contributed by atoms with E-state index in [1.54, 1.807) is 0 Å². The van der Waals surface area contributed by atoms with Crippen LogP contribution in [-0.2, 0) is 28.6 Å². The van der Waals surface area contributed by atoms with Crippen molar-refractivity contribution in [3.63, 3.8) is 0 Å². The molecule has 0 aliphatic carbocycles. The van der Waals surface area contributed by atoms with Gasteiger partial charge in [-0.05, 0) is 78.6 Å². The standard InChI is InChI=1S/C36H62O6/c1-4-7-10-13-16-19-22-25-28-34(37)40-31-33(42-36(39)30-27-24-21-18-15-12-9-6-3)32-41-35(38)29-26-23-20-17-14-11-8-5-2/h4-9,33H,10-32H2,1-3H3/b7-4-,8-5-,9-6-. The second-order valence-corrected chi connectivity index (χ2v) is 11.1. The van der Waals surface area contributed by atoms with Crippen LogP contribution in [0.1, 0.15) is 156 Å². The molecule has 242 valence electrons. The van der Waals surface area contributed by atoms with Crippen LogP contribution >= 0.6 is 0 Å². The predicted octanol–water partition coefficient (Wildman–Crippen LogP) is 9.90. The number of hydrogen-bond acceptors (Lipinski definition) is 6. The summed E-state index contributed by atoms with van der Waals surface area (Å²) in [5.41, 5.74) is 0. The molecule has 0 bridgehead atoms. The lowest BCUT2D eigenvalue weighted by Crippen LogP contribution is -2.30. The van der Waals surface area contributed by atoms with Crippen molar-refractivity contribution >= 4 is 17.9 Å². The highest BCUT2D eigenvalue weighted by molar-refractivity contribution is 5.71. The molecule has 0 aliphatic rings. The van der Waals surface area contributed by atoms with Gasteiger partial charge >= 0.3 is 17.9 Å². The van der Waals surface area contributed by atoms with E-state index >= 15 is 0 Å². The Hall–Kier alpha value is -2.37. The van der Waals surface area contributed by atoms with Crippen LogP contribution in [0.3, 0.4) is 0 Å². The molecule has 0 aromatic heterocycles. The third-order valence-electron chi connectivity index (χ3n) is 7.12. The summed E-state index contributed by atoms with van der Waals surface area (Å²) < 4.78 is 16.4. The van der Waals surface area contributed by atoms with Gasteiger partial charge in [0, 0.05) is 19.3 Å². The van der Waals surface area contributed by atoms with Gasteiger partial charge in [-0.1, -0.05) is 94.2 Å². The van der Waals surface area contributed by atoms with E-state index in [0.717, 1.165) is 96.3 Å². The second kappa shape index (κ2) is 31.6. The van der Waals surface area contributed by atoms with E-state index in [4.69, 9.17) is 14.2 Å². The Morgan fingerprint density at radius 1 is 0.452 bits per heavy atom. The van der Waals surface area contributed by atoms with Crippen molar-refractivity contribution in [1.29, 1.82) is 0 Å². The van der Waals surface area contributed by atoms with Crippen LogP contribution in [0.4, 0.5) is 0 Å². The molecule has 0 amide bonds. The van der Waals surface area contributed by atoms with Crippen LogP contribution in [0.2, 0.25) is 0 Å². The van der Waals surface area contributed by atoms with E-state index in [1.807, 2.05) is 20.8 Å². The van der Waals surface area contributed by atoms with Gasteiger partial charge in [-0.3, -0.25) is 14.4 Å². The molecule has 0 aliphatic heterocycles. The first-order valence-electron chi connectivity index (χ1n) is 16.9. The molecule has 0 fully saturated rings. The van der Waals surface area contributed by atoms with Crippen LogP contribution in [-0.4, -0.2) is 37.2 Å². The molecule has 0 heterocycles. The third-order valence-corrected chi connectivity index (χ3v) is 7.12. The number of ether oxygens (including phenoxy) is 3. The minimum absolute atomic E-state index is 0.0850. The van der Waals surface area contributed by atoms with Crippen molar-refractivity contribution in [3.8, 4) is 0 Å². The average molecular weight is 591 g/mol. The van der Waals surface area contributed by atoms with Crippen molar-refractivity contribution in [1.82, 2.24) is 0 Å². The summed E-state index contributed by atoms with van der Waals surface area (Å²) in [5, 5.41) is 0. The molecule has 0 unspecified atom stereocenters. The zero-order chi connectivity index (χ0) is 30.9. The molecule has 0 aromatic rings. The van der Waals surface area contributed by atoms with E-state index in [1.165, 1.54) is 19.3 Å². The highest BCUT2D eigenvalue weighted by atomic mass is 16.6. The first-order valence-corrected chi connectivity index (χ1v) is 16.9. The van der Waals surface area contributed by atoms with Crippen molar-refractivity contribution in [3.05, 3.63) is 36.5 Å². The quantitative estimate of drug-likeness (QED) is 0.0373. The van der Waals surface area contributed by atoms with Crippen LogP contribution in [0.25, 0.3) is 0 Å². The summed E-state index contributed by atoms with van der Waals surface area (Å²) >= 11 is 0. The highest BCUT2D eigenvalue weighted by Gasteiger charge is 2.19. The maximum Gasteiger partial charge on any atom is 0.306 e. The largest absolute Gasteiger partial charge is 0.462 e. The minimum atomic E-state index is -0.774. The van der Waals surface area contributed by atoms with Crippen LogP contribution in [0.15, 0.2) is 36.5 Å². The molecule has 0 N–H and O–H groups in total. The van der Waals surface area contributed by atoms with E-state index in [-0.39, 0.29) is 31.1 Å². The van der Waals surface area contributed by atoms with E-state index in [2.05, 4.69) is 36.5 Å². The molecule has 0 saturated heterocycles. The SMILES string of the molecule is C/C=C\CCCCCCCC(=O)OCC(COC(=O)CCCCCCC/C=C\C)OC(=O)CCCCCCC/C=C\C. The molecular formula is C36H62O6. The number of carbonyl (C=O) groups is 3. The molecule has 6 heteroatoms. The summed E-state index contributed by atoms with van der Waals surface area (Å²) in [6, 6.07) is 0. The van der Waals surface area contributed by atoms with Crippen molar-refractivity contribution in [2.75, 3.05) is 13.2 Å². The molecule has 0 rings (SSSR count). The fourth-order valence-corrected chi connectivity index (χ4v) is 4.56. The van der Waals surface area contributed by atoms with Gasteiger partial charge in [-0.15, -0.1) is 0 Å². The van der Waals surface area contributed by atoms with Gasteiger partial charge in [-0.25, -0.2) is 0 Å². The summed E-state index contributed by atoms with van der Waals surface area (Å²) in [4.78, 5) is 37.0. The Balaban J connectivity index is 4.40. The molecule has 0 spiro atoms. The first kappa shape index (κ1) is 39.6. The number of esters is 3. The minimum Gasteiger partial charge on any atom is -0.462 e. The number of hydrogen-bond donors (Lipinski definition) is 0. The zero-order valence-electron chi connectivity index (χ0n) is 27.3. The van der Waals surface area contributed by atoms with Gasteiger partial charge < -0.3 is 14.2 Å². The Morgan fingerprint density at radius 3 is 1.12 bits per heavy atom. The summed E-state index contributed by atoms with van der Waals surface area (Å²) in [5.74, 6) is -0.941. The Labute approximate surface area is 257 Å². The lowest BCUT2D eigenvalue weighted by molar-refractivity contribution is -0.167. The Kier molecular flexibility index (Phi) is 29.8. The topological polar surface area (TPSA) is 78.9 Å². The number of unbranched alkanes of at least 4 members (excludes halogenated alkanes) is 15. The molecule has 0 saturated carbocycles. The lowest BCUT2D eigenvalue weighted by atomic mass is 10.1. The number of allylic oxidation sites excluding steroid dienone is 6. The maximum atomic E-state index is 12.5. The van der Waals surface area contributed by atoms with Crippen molar-refractivity contribution in [2.45, 2.75) is 162 Å². The van der Waals surface area contributed by atoms with E-state index in [0.29, 0.717) is 19.3 Å². The first-order chi connectivity index (χ1) is 20.5. The fourth-order valence-electron chi connectivity index (χ4n) is 4.56. The lowest BCUT2D eigenvalue weighted by Gasteiger charge is -2.18. The maximum absolute atomic E-state index is 12.5. The van der Waals surface area contributed by atoms with E-state index in [9.17, 15) is 14.4 Å².